The second-order valence-electron chi connectivity index (χ2n) is 7.22. The number of halogens is 1. The number of ether oxygens (including phenoxy) is 1. The van der Waals surface area contributed by atoms with Crippen LogP contribution >= 0.6 is 11.6 Å². The van der Waals surface area contributed by atoms with E-state index in [0.29, 0.717) is 0 Å². The van der Waals surface area contributed by atoms with Crippen molar-refractivity contribution in [2.75, 3.05) is 18.5 Å². The first-order valence-corrected chi connectivity index (χ1v) is 11.3. The van der Waals surface area contributed by atoms with Gasteiger partial charge in [-0.15, -0.1) is 0 Å². The number of aliphatic hydroxyl groups is 1. The number of anilines is 1. The van der Waals surface area contributed by atoms with Crippen molar-refractivity contribution in [3.8, 4) is 0 Å². The number of aryl methyl sites for hydroxylation is 2. The van der Waals surface area contributed by atoms with Crippen LogP contribution in [0.5, 0.6) is 0 Å². The normalized spacial score (nSPS) is 19.2. The molecule has 11 heteroatoms. The first-order chi connectivity index (χ1) is 14.6. The molecule has 2 unspecified atom stereocenters. The monoisotopic (exact) mass is 467 g/mol. The summed E-state index contributed by atoms with van der Waals surface area (Å²) in [5.41, 5.74) is 1.96. The molecule has 1 aliphatic rings. The summed E-state index contributed by atoms with van der Waals surface area (Å²) >= 11 is 5.86. The molecule has 3 rings (SSSR count). The van der Waals surface area contributed by atoms with Crippen molar-refractivity contribution in [2.45, 2.75) is 37.3 Å². The van der Waals surface area contributed by atoms with Crippen LogP contribution in [0.25, 0.3) is 0 Å². The van der Waals surface area contributed by atoms with Gasteiger partial charge in [-0.2, -0.15) is 4.31 Å². The lowest BCUT2D eigenvalue weighted by molar-refractivity contribution is -0.150. The van der Waals surface area contributed by atoms with Gasteiger partial charge in [-0.1, -0.05) is 17.7 Å². The summed E-state index contributed by atoms with van der Waals surface area (Å²) in [6, 6.07) is 6.51. The van der Waals surface area contributed by atoms with Crippen LogP contribution in [-0.4, -0.2) is 60.0 Å². The van der Waals surface area contributed by atoms with E-state index in [1.165, 1.54) is 24.4 Å². The summed E-state index contributed by atoms with van der Waals surface area (Å²) in [4.78, 5) is 28.5. The van der Waals surface area contributed by atoms with Crippen molar-refractivity contribution in [1.82, 2.24) is 9.29 Å². The van der Waals surface area contributed by atoms with Gasteiger partial charge in [0.15, 0.2) is 11.8 Å². The van der Waals surface area contributed by atoms with Crippen molar-refractivity contribution in [1.29, 1.82) is 0 Å². The Morgan fingerprint density at radius 1 is 1.29 bits per heavy atom. The van der Waals surface area contributed by atoms with Crippen LogP contribution in [-0.2, 0) is 24.3 Å². The number of nitrogens with zero attached hydrogens (tertiary/aromatic N) is 2. The number of esters is 1. The maximum Gasteiger partial charge on any atom is 0.325 e. The van der Waals surface area contributed by atoms with Crippen LogP contribution in [0.4, 0.5) is 5.69 Å². The molecule has 0 radical (unpaired) electrons. The van der Waals surface area contributed by atoms with Crippen LogP contribution in [0.3, 0.4) is 0 Å². The maximum absolute atomic E-state index is 13.1. The van der Waals surface area contributed by atoms with E-state index < -0.39 is 40.7 Å². The average molecular weight is 468 g/mol. The van der Waals surface area contributed by atoms with Gasteiger partial charge in [0.25, 0.3) is 5.91 Å². The highest BCUT2D eigenvalue weighted by molar-refractivity contribution is 7.89. The average Bonchev–Trinajstić information content (AvgIpc) is 3.12. The smallest absolute Gasteiger partial charge is 0.325 e. The minimum Gasteiger partial charge on any atom is -0.454 e. The number of aromatic nitrogens is 1. The highest BCUT2D eigenvalue weighted by Crippen LogP contribution is 2.28. The molecule has 1 saturated heterocycles. The summed E-state index contributed by atoms with van der Waals surface area (Å²) < 4.78 is 32.1. The molecule has 1 aromatic carbocycles. The third-order valence-corrected chi connectivity index (χ3v) is 7.14. The lowest BCUT2D eigenvalue weighted by Crippen LogP contribution is -2.42. The van der Waals surface area contributed by atoms with Gasteiger partial charge < -0.3 is 15.2 Å². The largest absolute Gasteiger partial charge is 0.454 e. The number of pyridine rings is 1. The number of amides is 1. The molecular formula is C20H22ClN3O6S. The van der Waals surface area contributed by atoms with Gasteiger partial charge in [-0.25, -0.2) is 13.4 Å². The summed E-state index contributed by atoms with van der Waals surface area (Å²) in [5.74, 6) is -1.58. The standard InChI is InChI=1S/C20H22ClN3O6S/c1-12-5-6-15(8-13(12)2)31(28,29)24-10-14(25)9-17(24)20(27)30-11-18(26)23-16-4-3-7-22-19(16)21/h3-8,14,17,25H,9-11H2,1-2H3,(H,23,26). The Morgan fingerprint density at radius 3 is 2.71 bits per heavy atom. The van der Waals surface area contributed by atoms with Crippen molar-refractivity contribution < 1.29 is 27.9 Å². The van der Waals surface area contributed by atoms with E-state index in [4.69, 9.17) is 16.3 Å². The van der Waals surface area contributed by atoms with E-state index in [0.717, 1.165) is 15.4 Å². The molecule has 0 spiro atoms. The SMILES string of the molecule is Cc1ccc(S(=O)(=O)N2CC(O)CC2C(=O)OCC(=O)Nc2cccnc2Cl)cc1C. The molecule has 31 heavy (non-hydrogen) atoms. The van der Waals surface area contributed by atoms with Crippen molar-refractivity contribution in [3.63, 3.8) is 0 Å². The Balaban J connectivity index is 1.70. The minimum atomic E-state index is -4.05. The maximum atomic E-state index is 13.1. The Kier molecular flexibility index (Phi) is 6.95. The zero-order valence-electron chi connectivity index (χ0n) is 16.9. The number of carbonyl (C=O) groups is 2. The highest BCUT2D eigenvalue weighted by atomic mass is 35.5. The number of hydrogen-bond acceptors (Lipinski definition) is 7. The molecule has 0 bridgehead atoms. The molecule has 2 N–H and O–H groups in total. The molecule has 9 nitrogen and oxygen atoms in total. The number of hydrogen-bond donors (Lipinski definition) is 2. The van der Waals surface area contributed by atoms with Crippen LogP contribution in [0.15, 0.2) is 41.4 Å². The van der Waals surface area contributed by atoms with E-state index in [1.807, 2.05) is 6.92 Å². The Hall–Kier alpha value is -2.53. The summed E-state index contributed by atoms with van der Waals surface area (Å²) in [5, 5.41) is 12.5. The lowest BCUT2D eigenvalue weighted by Gasteiger charge is -2.22. The Morgan fingerprint density at radius 2 is 2.03 bits per heavy atom. The molecule has 2 atom stereocenters. The van der Waals surface area contributed by atoms with Crippen LogP contribution in [0, 0.1) is 13.8 Å². The van der Waals surface area contributed by atoms with E-state index in [2.05, 4.69) is 10.3 Å². The van der Waals surface area contributed by atoms with Gasteiger partial charge >= 0.3 is 5.97 Å². The van der Waals surface area contributed by atoms with Crippen molar-refractivity contribution in [3.05, 3.63) is 52.8 Å². The number of rotatable bonds is 6. The zero-order valence-corrected chi connectivity index (χ0v) is 18.5. The summed E-state index contributed by atoms with van der Waals surface area (Å²) in [7, 11) is -4.05. The third kappa shape index (κ3) is 5.21. The second kappa shape index (κ2) is 9.31. The molecule has 1 aromatic heterocycles. The molecule has 0 saturated carbocycles. The quantitative estimate of drug-likeness (QED) is 0.488. The van der Waals surface area contributed by atoms with E-state index >= 15 is 0 Å². The van der Waals surface area contributed by atoms with Crippen molar-refractivity contribution >= 4 is 39.2 Å². The van der Waals surface area contributed by atoms with Crippen LogP contribution in [0.2, 0.25) is 5.15 Å². The fraction of sp³-hybridized carbons (Fsp3) is 0.350. The first-order valence-electron chi connectivity index (χ1n) is 9.43. The summed E-state index contributed by atoms with van der Waals surface area (Å²) in [6.07, 6.45) is 0.300. The number of carbonyl (C=O) groups excluding carboxylic acids is 2. The van der Waals surface area contributed by atoms with Crippen LogP contribution in [0.1, 0.15) is 17.5 Å². The lowest BCUT2D eigenvalue weighted by atomic mass is 10.1. The van der Waals surface area contributed by atoms with E-state index in [1.54, 1.807) is 19.1 Å². The first kappa shape index (κ1) is 23.1. The molecule has 1 fully saturated rings. The van der Waals surface area contributed by atoms with Gasteiger partial charge in [0.1, 0.15) is 6.04 Å². The Labute approximate surface area is 185 Å². The molecule has 2 heterocycles. The molecule has 0 aliphatic carbocycles. The number of nitrogens with one attached hydrogen (secondary N) is 1. The molecule has 1 amide bonds. The highest BCUT2D eigenvalue weighted by Gasteiger charge is 2.44. The fourth-order valence-electron chi connectivity index (χ4n) is 3.17. The third-order valence-electron chi connectivity index (χ3n) is 4.97. The summed E-state index contributed by atoms with van der Waals surface area (Å²) in [6.45, 7) is 2.75. The predicted octanol–water partition coefficient (Wildman–Crippen LogP) is 1.66. The van der Waals surface area contributed by atoms with Crippen LogP contribution < -0.4 is 5.32 Å². The van der Waals surface area contributed by atoms with E-state index in [9.17, 15) is 23.1 Å². The van der Waals surface area contributed by atoms with E-state index in [-0.39, 0.29) is 28.7 Å². The van der Waals surface area contributed by atoms with Gasteiger partial charge in [-0.05, 0) is 49.2 Å². The molecule has 1 aliphatic heterocycles. The predicted molar refractivity (Wildman–Crippen MR) is 113 cm³/mol. The molecule has 2 aromatic rings. The molecule has 166 valence electrons. The van der Waals surface area contributed by atoms with Gasteiger partial charge in [-0.3, -0.25) is 9.59 Å². The zero-order chi connectivity index (χ0) is 22.8. The Bertz CT molecular complexity index is 1110. The minimum absolute atomic E-state index is 0.0199. The van der Waals surface area contributed by atoms with Crippen molar-refractivity contribution in [2.24, 2.45) is 0 Å². The number of aliphatic hydroxyl groups excluding tert-OH is 1. The van der Waals surface area contributed by atoms with Gasteiger partial charge in [0, 0.05) is 19.2 Å². The molecular weight excluding hydrogens is 446 g/mol. The van der Waals surface area contributed by atoms with Gasteiger partial charge in [0.05, 0.1) is 16.7 Å². The number of sulfonamides is 1. The second-order valence-corrected chi connectivity index (χ2v) is 9.47. The fourth-order valence-corrected chi connectivity index (χ4v) is 5.05. The number of β-amino-alcohol motifs (C(OH)–C–C–N with tert-alkyl or cyclic N) is 1. The topological polar surface area (TPSA) is 126 Å². The number of benzene rings is 1. The van der Waals surface area contributed by atoms with Gasteiger partial charge in [0.2, 0.25) is 10.0 Å².